The number of rotatable bonds is 7. The first kappa shape index (κ1) is 52.7. The Balaban J connectivity index is 1.07. The quantitative estimate of drug-likeness (QED) is 0.144. The smallest absolute Gasteiger partial charge is 0.0541 e. The Labute approximate surface area is 476 Å². The molecule has 0 N–H and O–H groups in total. The van der Waals surface area contributed by atoms with Gasteiger partial charge in [-0.25, -0.2) is 0 Å². The molecule has 0 unspecified atom stereocenters. The molecule has 0 saturated heterocycles. The predicted octanol–water partition coefficient (Wildman–Crippen LogP) is 22.6. The molecule has 0 spiro atoms. The van der Waals surface area contributed by atoms with E-state index in [0.717, 1.165) is 17.1 Å². The molecule has 80 heavy (non-hydrogen) atoms. The van der Waals surface area contributed by atoms with Crippen molar-refractivity contribution in [3.8, 4) is 39.1 Å². The SMILES string of the molecule is CC(C)(C)c1ccc(-c2ccccc2-c2cccc(N(c3ccc(-c4cc(C(C)(C)C)cc(C(C)(C)C)c4)cc3)c3ccc4ccc5c(-n6c7ccc(C(C)(C)C)cc7c7cc(C(C)(C)C)ccc76)ccc6ccc3c4c65)c2)cc1. The van der Waals surface area contributed by atoms with Crippen LogP contribution < -0.4 is 4.90 Å². The average molecular weight is 1040 g/mol. The first-order chi connectivity index (χ1) is 37.8. The van der Waals surface area contributed by atoms with E-state index in [4.69, 9.17) is 0 Å². The molecule has 0 aliphatic carbocycles. The highest BCUT2D eigenvalue weighted by Gasteiger charge is 2.26. The number of benzene rings is 11. The fraction of sp³-hybridized carbons (Fsp3) is 0.256. The molecule has 0 atom stereocenters. The van der Waals surface area contributed by atoms with Crippen molar-refractivity contribution in [3.05, 3.63) is 228 Å². The van der Waals surface area contributed by atoms with Gasteiger partial charge in [-0.3, -0.25) is 0 Å². The van der Waals surface area contributed by atoms with Crippen LogP contribution in [0.3, 0.4) is 0 Å². The van der Waals surface area contributed by atoms with Gasteiger partial charge in [-0.15, -0.1) is 0 Å². The highest BCUT2D eigenvalue weighted by molar-refractivity contribution is 6.27. The van der Waals surface area contributed by atoms with Crippen LogP contribution in [-0.2, 0) is 27.1 Å². The largest absolute Gasteiger partial charge is 0.310 e. The Morgan fingerprint density at radius 3 is 1.31 bits per heavy atom. The molecule has 0 fully saturated rings. The van der Waals surface area contributed by atoms with Crippen LogP contribution in [0.25, 0.3) is 93.2 Å². The third-order valence-electron chi connectivity index (χ3n) is 17.1. The molecule has 400 valence electrons. The molecule has 2 heteroatoms. The van der Waals surface area contributed by atoms with Crippen molar-refractivity contribution in [2.75, 3.05) is 4.90 Å². The summed E-state index contributed by atoms with van der Waals surface area (Å²) >= 11 is 0. The van der Waals surface area contributed by atoms with E-state index in [2.05, 4.69) is 314 Å². The van der Waals surface area contributed by atoms with E-state index in [1.165, 1.54) is 121 Å². The zero-order valence-corrected chi connectivity index (χ0v) is 49.9. The Hall–Kier alpha value is -7.94. The van der Waals surface area contributed by atoms with Crippen LogP contribution in [0.4, 0.5) is 17.1 Å². The molecule has 0 radical (unpaired) electrons. The lowest BCUT2D eigenvalue weighted by Gasteiger charge is -2.29. The second kappa shape index (κ2) is 18.8. The second-order valence-corrected chi connectivity index (χ2v) is 28.0. The molecule has 12 aromatic rings. The van der Waals surface area contributed by atoms with Gasteiger partial charge in [0.2, 0.25) is 0 Å². The highest BCUT2D eigenvalue weighted by atomic mass is 15.1. The van der Waals surface area contributed by atoms with Gasteiger partial charge in [-0.2, -0.15) is 0 Å². The lowest BCUT2D eigenvalue weighted by atomic mass is 9.79. The third kappa shape index (κ3) is 9.35. The van der Waals surface area contributed by atoms with E-state index in [1.54, 1.807) is 0 Å². The van der Waals surface area contributed by atoms with E-state index in [1.807, 2.05) is 0 Å². The molecule has 12 rings (SSSR count). The summed E-state index contributed by atoms with van der Waals surface area (Å²) in [5, 5.41) is 10.1. The standard InChI is InChI=1S/C78H78N2/c1-74(2,3)55-31-23-50(24-32-55)62-21-16-17-22-63(62)53-19-18-20-61(45-53)79(60-35-25-49(26-36-60)54-43-58(77(10,11)12)46-59(44-54)78(13,14)15)68-39-29-51-28-38-65-69(40-30-52-27-37-64(68)72(51)73(52)65)80-70-41-33-56(75(4,5)6)47-66(70)67-48-57(76(7,8)9)34-42-71(67)80/h16-48H,1-15H3. The zero-order valence-electron chi connectivity index (χ0n) is 49.9. The van der Waals surface area contributed by atoms with Gasteiger partial charge in [0, 0.05) is 32.9 Å². The van der Waals surface area contributed by atoms with Crippen molar-refractivity contribution in [1.82, 2.24) is 4.57 Å². The van der Waals surface area contributed by atoms with E-state index < -0.39 is 0 Å². The van der Waals surface area contributed by atoms with Crippen LogP contribution in [0, 0.1) is 0 Å². The number of aromatic nitrogens is 1. The first-order valence-electron chi connectivity index (χ1n) is 29.0. The van der Waals surface area contributed by atoms with Gasteiger partial charge in [-0.1, -0.05) is 243 Å². The van der Waals surface area contributed by atoms with Crippen LogP contribution in [0.1, 0.15) is 132 Å². The zero-order chi connectivity index (χ0) is 56.4. The lowest BCUT2D eigenvalue weighted by molar-refractivity contribution is 0.569. The van der Waals surface area contributed by atoms with Crippen molar-refractivity contribution in [3.63, 3.8) is 0 Å². The predicted molar refractivity (Wildman–Crippen MR) is 349 cm³/mol. The van der Waals surface area contributed by atoms with Gasteiger partial charge in [0.15, 0.2) is 0 Å². The Morgan fingerprint density at radius 2 is 0.762 bits per heavy atom. The lowest BCUT2D eigenvalue weighted by Crippen LogP contribution is -2.16. The van der Waals surface area contributed by atoms with Crippen molar-refractivity contribution in [1.29, 1.82) is 0 Å². The van der Waals surface area contributed by atoms with E-state index in [9.17, 15) is 0 Å². The summed E-state index contributed by atoms with van der Waals surface area (Å²) in [6.45, 7) is 34.7. The van der Waals surface area contributed by atoms with E-state index in [0.29, 0.717) is 0 Å². The molecular weight excluding hydrogens is 965 g/mol. The highest BCUT2D eigenvalue weighted by Crippen LogP contribution is 2.48. The van der Waals surface area contributed by atoms with Gasteiger partial charge >= 0.3 is 0 Å². The minimum Gasteiger partial charge on any atom is -0.310 e. The summed E-state index contributed by atoms with van der Waals surface area (Å²) in [5.41, 5.74) is 21.1. The monoisotopic (exact) mass is 1040 g/mol. The van der Waals surface area contributed by atoms with Crippen molar-refractivity contribution >= 4 is 71.2 Å². The van der Waals surface area contributed by atoms with Gasteiger partial charge in [0.1, 0.15) is 0 Å². The fourth-order valence-corrected chi connectivity index (χ4v) is 12.2. The van der Waals surface area contributed by atoms with Crippen molar-refractivity contribution < 1.29 is 0 Å². The van der Waals surface area contributed by atoms with Crippen LogP contribution in [0.15, 0.2) is 200 Å². The molecule has 0 amide bonds. The van der Waals surface area contributed by atoms with Crippen LogP contribution in [0.2, 0.25) is 0 Å². The second-order valence-electron chi connectivity index (χ2n) is 28.0. The molecule has 0 aliphatic rings. The average Bonchev–Trinajstić information content (AvgIpc) is 3.75. The Morgan fingerprint density at radius 1 is 0.287 bits per heavy atom. The molecule has 2 nitrogen and oxygen atoms in total. The maximum absolute atomic E-state index is 2.54. The number of fused-ring (bicyclic) bond motifs is 3. The molecule has 1 heterocycles. The molecule has 11 aromatic carbocycles. The van der Waals surface area contributed by atoms with Gasteiger partial charge < -0.3 is 9.47 Å². The van der Waals surface area contributed by atoms with Crippen molar-refractivity contribution in [2.45, 2.75) is 131 Å². The minimum atomic E-state index is 0.0117. The van der Waals surface area contributed by atoms with Crippen LogP contribution in [-0.4, -0.2) is 4.57 Å². The molecule has 1 aromatic heterocycles. The number of hydrogen-bond donors (Lipinski definition) is 0. The third-order valence-corrected chi connectivity index (χ3v) is 17.1. The van der Waals surface area contributed by atoms with Crippen LogP contribution in [0.5, 0.6) is 0 Å². The van der Waals surface area contributed by atoms with E-state index in [-0.39, 0.29) is 27.1 Å². The molecule has 0 saturated carbocycles. The van der Waals surface area contributed by atoms with Gasteiger partial charge in [0.25, 0.3) is 0 Å². The summed E-state index contributed by atoms with van der Waals surface area (Å²) in [6, 6.07) is 77.0. The van der Waals surface area contributed by atoms with Crippen LogP contribution >= 0.6 is 0 Å². The summed E-state index contributed by atoms with van der Waals surface area (Å²) in [7, 11) is 0. The normalized spacial score (nSPS) is 12.9. The molecule has 0 bridgehead atoms. The van der Waals surface area contributed by atoms with Crippen molar-refractivity contribution in [2.24, 2.45) is 0 Å². The maximum Gasteiger partial charge on any atom is 0.0541 e. The summed E-state index contributed by atoms with van der Waals surface area (Å²) < 4.78 is 2.54. The van der Waals surface area contributed by atoms with Gasteiger partial charge in [0.05, 0.1) is 22.4 Å². The summed E-state index contributed by atoms with van der Waals surface area (Å²) in [6.07, 6.45) is 0. The number of hydrogen-bond acceptors (Lipinski definition) is 1. The Kier molecular flexibility index (Phi) is 12.4. The summed E-state index contributed by atoms with van der Waals surface area (Å²) in [5.74, 6) is 0. The summed E-state index contributed by atoms with van der Waals surface area (Å²) in [4.78, 5) is 2.50. The minimum absolute atomic E-state index is 0.0117. The van der Waals surface area contributed by atoms with E-state index >= 15 is 0 Å². The van der Waals surface area contributed by atoms with Gasteiger partial charge in [-0.05, 0) is 170 Å². The molecular formula is C78H78N2. The number of anilines is 3. The Bertz CT molecular complexity index is 4230. The number of nitrogens with zero attached hydrogens (tertiary/aromatic N) is 2. The fourth-order valence-electron chi connectivity index (χ4n) is 12.2. The molecule has 0 aliphatic heterocycles. The first-order valence-corrected chi connectivity index (χ1v) is 29.0. The topological polar surface area (TPSA) is 8.17 Å². The maximum atomic E-state index is 2.54.